The lowest BCUT2D eigenvalue weighted by atomic mass is 10.0. The predicted octanol–water partition coefficient (Wildman–Crippen LogP) is 1.99. The molecule has 0 unspecified atom stereocenters. The molecule has 0 spiro atoms. The van der Waals surface area contributed by atoms with E-state index in [1.54, 1.807) is 24.3 Å². The number of nitrogens with one attached hydrogen (secondary N) is 1. The Balaban J connectivity index is 2.90. The highest BCUT2D eigenvalue weighted by Crippen LogP contribution is 2.20. The second kappa shape index (κ2) is 5.51. The van der Waals surface area contributed by atoms with Crippen LogP contribution < -0.4 is 5.32 Å². The van der Waals surface area contributed by atoms with Crippen LogP contribution in [0.1, 0.15) is 24.9 Å². The van der Waals surface area contributed by atoms with Gasteiger partial charge in [-0.1, -0.05) is 23.7 Å². The Hall–Kier alpha value is -1.55. The molecule has 1 aromatic carbocycles. The Morgan fingerprint density at radius 3 is 2.69 bits per heavy atom. The van der Waals surface area contributed by atoms with Crippen molar-refractivity contribution in [1.29, 1.82) is 0 Å². The summed E-state index contributed by atoms with van der Waals surface area (Å²) in [6.07, 6.45) is -0.167. The number of carbonyl (C=O) groups is 2. The van der Waals surface area contributed by atoms with E-state index in [1.165, 1.54) is 6.92 Å². The fourth-order valence-corrected chi connectivity index (χ4v) is 1.59. The highest BCUT2D eigenvalue weighted by Gasteiger charge is 2.16. The van der Waals surface area contributed by atoms with E-state index in [9.17, 15) is 9.59 Å². The van der Waals surface area contributed by atoms with E-state index in [0.29, 0.717) is 10.6 Å². The Morgan fingerprint density at radius 1 is 1.50 bits per heavy atom. The summed E-state index contributed by atoms with van der Waals surface area (Å²) in [5.74, 6) is -1.25. The fourth-order valence-electron chi connectivity index (χ4n) is 1.40. The lowest BCUT2D eigenvalue weighted by Gasteiger charge is -2.16. The zero-order valence-electron chi connectivity index (χ0n) is 8.74. The Morgan fingerprint density at radius 2 is 2.19 bits per heavy atom. The third kappa shape index (κ3) is 3.90. The topological polar surface area (TPSA) is 66.4 Å². The molecular formula is C11H12ClNO3. The number of aliphatic carboxylic acids is 1. The predicted molar refractivity (Wildman–Crippen MR) is 60.3 cm³/mol. The van der Waals surface area contributed by atoms with Crippen LogP contribution in [-0.2, 0) is 9.59 Å². The number of hydrogen-bond donors (Lipinski definition) is 2. The number of halogens is 1. The van der Waals surface area contributed by atoms with Crippen molar-refractivity contribution >= 4 is 23.5 Å². The number of carboxylic acids is 1. The largest absolute Gasteiger partial charge is 0.481 e. The van der Waals surface area contributed by atoms with E-state index in [0.717, 1.165) is 0 Å². The molecule has 1 rings (SSSR count). The molecule has 0 aliphatic rings. The zero-order chi connectivity index (χ0) is 12.1. The Labute approximate surface area is 98.2 Å². The number of carbonyl (C=O) groups excluding carboxylic acids is 1. The molecule has 4 nitrogen and oxygen atoms in total. The van der Waals surface area contributed by atoms with Crippen molar-refractivity contribution in [2.24, 2.45) is 0 Å². The van der Waals surface area contributed by atoms with Gasteiger partial charge in [-0.15, -0.1) is 0 Å². The summed E-state index contributed by atoms with van der Waals surface area (Å²) in [5.41, 5.74) is 0.685. The van der Waals surface area contributed by atoms with Crippen molar-refractivity contribution in [3.63, 3.8) is 0 Å². The summed E-state index contributed by atoms with van der Waals surface area (Å²) >= 11 is 5.80. The first kappa shape index (κ1) is 12.5. The molecule has 1 amide bonds. The Kier molecular flexibility index (Phi) is 4.31. The molecule has 0 aromatic heterocycles. The van der Waals surface area contributed by atoms with Gasteiger partial charge in [0.25, 0.3) is 0 Å². The third-order valence-corrected chi connectivity index (χ3v) is 2.24. The normalized spacial score (nSPS) is 11.9. The number of rotatable bonds is 4. The van der Waals surface area contributed by atoms with Crippen LogP contribution in [0.2, 0.25) is 5.02 Å². The molecule has 0 saturated carbocycles. The van der Waals surface area contributed by atoms with Crippen molar-refractivity contribution in [2.45, 2.75) is 19.4 Å². The first-order valence-electron chi connectivity index (χ1n) is 4.73. The maximum atomic E-state index is 11.0. The molecule has 0 saturated heterocycles. The van der Waals surface area contributed by atoms with Gasteiger partial charge in [-0.25, -0.2) is 0 Å². The van der Waals surface area contributed by atoms with Gasteiger partial charge in [0, 0.05) is 11.9 Å². The third-order valence-electron chi connectivity index (χ3n) is 2.01. The SMILES string of the molecule is CC(=O)N[C@H](CC(=O)O)c1cccc(Cl)c1. The average Bonchev–Trinajstić information content (AvgIpc) is 2.15. The molecular weight excluding hydrogens is 230 g/mol. The van der Waals surface area contributed by atoms with Crippen LogP contribution in [0, 0.1) is 0 Å². The molecule has 16 heavy (non-hydrogen) atoms. The molecule has 0 fully saturated rings. The fraction of sp³-hybridized carbons (Fsp3) is 0.273. The minimum absolute atomic E-state index is 0.167. The number of benzene rings is 1. The monoisotopic (exact) mass is 241 g/mol. The molecule has 1 aromatic rings. The highest BCUT2D eigenvalue weighted by molar-refractivity contribution is 6.30. The average molecular weight is 242 g/mol. The summed E-state index contributed by atoms with van der Waals surface area (Å²) < 4.78 is 0. The summed E-state index contributed by atoms with van der Waals surface area (Å²) in [4.78, 5) is 21.6. The number of carboxylic acid groups (broad SMARTS) is 1. The van der Waals surface area contributed by atoms with Crippen molar-refractivity contribution < 1.29 is 14.7 Å². The second-order valence-corrected chi connectivity index (χ2v) is 3.84. The van der Waals surface area contributed by atoms with E-state index in [-0.39, 0.29) is 12.3 Å². The van der Waals surface area contributed by atoms with Crippen LogP contribution in [0.4, 0.5) is 0 Å². The molecule has 86 valence electrons. The van der Waals surface area contributed by atoms with Crippen molar-refractivity contribution in [3.05, 3.63) is 34.9 Å². The van der Waals surface area contributed by atoms with E-state index in [2.05, 4.69) is 5.32 Å². The van der Waals surface area contributed by atoms with Gasteiger partial charge < -0.3 is 10.4 Å². The Bertz CT molecular complexity index is 390. The van der Waals surface area contributed by atoms with Gasteiger partial charge in [0.15, 0.2) is 0 Å². The van der Waals surface area contributed by atoms with Gasteiger partial charge in [-0.3, -0.25) is 9.59 Å². The lowest BCUT2D eigenvalue weighted by Crippen LogP contribution is -2.27. The molecule has 0 aliphatic carbocycles. The summed E-state index contributed by atoms with van der Waals surface area (Å²) in [6, 6.07) is 6.24. The van der Waals surface area contributed by atoms with Crippen molar-refractivity contribution in [2.75, 3.05) is 0 Å². The van der Waals surface area contributed by atoms with Crippen LogP contribution in [0.15, 0.2) is 24.3 Å². The second-order valence-electron chi connectivity index (χ2n) is 3.41. The van der Waals surface area contributed by atoms with Gasteiger partial charge in [0.05, 0.1) is 12.5 Å². The standard InChI is InChI=1S/C11H12ClNO3/c1-7(14)13-10(6-11(15)16)8-3-2-4-9(12)5-8/h2-5,10H,6H2,1H3,(H,13,14)(H,15,16)/t10-/m1/s1. The van der Waals surface area contributed by atoms with E-state index in [1.807, 2.05) is 0 Å². The quantitative estimate of drug-likeness (QED) is 0.847. The van der Waals surface area contributed by atoms with Gasteiger partial charge in [0.1, 0.15) is 0 Å². The van der Waals surface area contributed by atoms with Gasteiger partial charge in [0.2, 0.25) is 5.91 Å². The van der Waals surface area contributed by atoms with Crippen LogP contribution in [0.3, 0.4) is 0 Å². The van der Waals surface area contributed by atoms with Crippen LogP contribution >= 0.6 is 11.6 Å². The molecule has 2 N–H and O–H groups in total. The molecule has 1 atom stereocenters. The zero-order valence-corrected chi connectivity index (χ0v) is 9.49. The van der Waals surface area contributed by atoms with Crippen molar-refractivity contribution in [1.82, 2.24) is 5.32 Å². The molecule has 0 radical (unpaired) electrons. The van der Waals surface area contributed by atoms with Crippen molar-refractivity contribution in [3.8, 4) is 0 Å². The van der Waals surface area contributed by atoms with E-state index in [4.69, 9.17) is 16.7 Å². The van der Waals surface area contributed by atoms with Gasteiger partial charge >= 0.3 is 5.97 Å². The van der Waals surface area contributed by atoms with Gasteiger partial charge in [-0.05, 0) is 17.7 Å². The molecule has 0 aliphatic heterocycles. The van der Waals surface area contributed by atoms with Crippen LogP contribution in [0.5, 0.6) is 0 Å². The van der Waals surface area contributed by atoms with Gasteiger partial charge in [-0.2, -0.15) is 0 Å². The van der Waals surface area contributed by atoms with Crippen LogP contribution in [0.25, 0.3) is 0 Å². The number of hydrogen-bond acceptors (Lipinski definition) is 2. The highest BCUT2D eigenvalue weighted by atomic mass is 35.5. The smallest absolute Gasteiger partial charge is 0.305 e. The maximum absolute atomic E-state index is 11.0. The first-order valence-corrected chi connectivity index (χ1v) is 5.11. The molecule has 5 heteroatoms. The lowest BCUT2D eigenvalue weighted by molar-refractivity contribution is -0.137. The minimum atomic E-state index is -0.973. The summed E-state index contributed by atoms with van der Waals surface area (Å²) in [5, 5.41) is 11.8. The van der Waals surface area contributed by atoms with E-state index >= 15 is 0 Å². The summed E-state index contributed by atoms with van der Waals surface area (Å²) in [6.45, 7) is 1.35. The first-order chi connectivity index (χ1) is 7.49. The molecule has 0 bridgehead atoms. The molecule has 0 heterocycles. The van der Waals surface area contributed by atoms with E-state index < -0.39 is 12.0 Å². The summed E-state index contributed by atoms with van der Waals surface area (Å²) in [7, 11) is 0. The number of amides is 1. The minimum Gasteiger partial charge on any atom is -0.481 e. The van der Waals surface area contributed by atoms with Crippen LogP contribution in [-0.4, -0.2) is 17.0 Å². The maximum Gasteiger partial charge on any atom is 0.305 e.